The number of imidazole rings is 1. The Labute approximate surface area is 99.8 Å². The first kappa shape index (κ1) is 10.6. The molecule has 0 bridgehead atoms. The Balaban J connectivity index is 1.79. The number of hydrogen-bond donors (Lipinski definition) is 1. The van der Waals surface area contributed by atoms with Gasteiger partial charge in [-0.15, -0.1) is 0 Å². The summed E-state index contributed by atoms with van der Waals surface area (Å²) in [6.45, 7) is 3.71. The van der Waals surface area contributed by atoms with Gasteiger partial charge in [-0.3, -0.25) is 0 Å². The summed E-state index contributed by atoms with van der Waals surface area (Å²) in [7, 11) is 0. The van der Waals surface area contributed by atoms with Gasteiger partial charge in [-0.2, -0.15) is 0 Å². The fraction of sp³-hybridized carbons (Fsp3) is 0.727. The van der Waals surface area contributed by atoms with Gasteiger partial charge in [-0.1, -0.05) is 11.8 Å². The van der Waals surface area contributed by atoms with Crippen molar-refractivity contribution in [2.24, 2.45) is 0 Å². The summed E-state index contributed by atoms with van der Waals surface area (Å²) in [4.78, 5) is 4.72. The monoisotopic (exact) mass is 239 g/mol. The quantitative estimate of drug-likeness (QED) is 0.804. The second kappa shape index (κ2) is 4.77. The Bertz CT molecular complexity index is 335. The first-order valence-electron chi connectivity index (χ1n) is 5.94. The van der Waals surface area contributed by atoms with Crippen LogP contribution in [-0.2, 0) is 11.3 Å². The van der Waals surface area contributed by atoms with E-state index in [1.807, 2.05) is 11.8 Å². The number of thioether (sulfide) groups is 1. The van der Waals surface area contributed by atoms with Gasteiger partial charge in [-0.05, 0) is 12.8 Å². The zero-order valence-electron chi connectivity index (χ0n) is 9.32. The molecule has 1 aromatic heterocycles. The van der Waals surface area contributed by atoms with Gasteiger partial charge in [0.15, 0.2) is 5.16 Å². The maximum atomic E-state index is 5.45. The number of ether oxygens (including phenoxy) is 1. The molecule has 3 rings (SSSR count). The summed E-state index contributed by atoms with van der Waals surface area (Å²) in [5.41, 5.74) is 1.19. The highest BCUT2D eigenvalue weighted by Crippen LogP contribution is 2.27. The van der Waals surface area contributed by atoms with Crippen LogP contribution >= 0.6 is 11.8 Å². The number of hydrogen-bond acceptors (Lipinski definition) is 4. The van der Waals surface area contributed by atoms with Gasteiger partial charge in [0.1, 0.15) is 0 Å². The second-order valence-corrected chi connectivity index (χ2v) is 5.31. The molecule has 2 aliphatic rings. The third kappa shape index (κ3) is 2.12. The minimum absolute atomic E-state index is 0.376. The number of fused-ring (bicyclic) bond motifs is 1. The number of rotatable bonds is 1. The summed E-state index contributed by atoms with van der Waals surface area (Å²) in [6, 6.07) is 0.376. The Morgan fingerprint density at radius 3 is 3.44 bits per heavy atom. The van der Waals surface area contributed by atoms with Crippen LogP contribution in [0.15, 0.2) is 11.4 Å². The molecule has 3 heterocycles. The van der Waals surface area contributed by atoms with E-state index in [1.165, 1.54) is 23.0 Å². The fourth-order valence-electron chi connectivity index (χ4n) is 2.22. The van der Waals surface area contributed by atoms with E-state index >= 15 is 0 Å². The largest absolute Gasteiger partial charge is 0.380 e. The molecule has 1 N–H and O–H groups in total. The zero-order valence-corrected chi connectivity index (χ0v) is 10.1. The van der Waals surface area contributed by atoms with E-state index in [1.54, 1.807) is 0 Å². The van der Waals surface area contributed by atoms with Crippen LogP contribution in [0, 0.1) is 0 Å². The molecule has 1 fully saturated rings. The molecular weight excluding hydrogens is 222 g/mol. The van der Waals surface area contributed by atoms with Crippen LogP contribution in [0.4, 0.5) is 0 Å². The molecule has 0 amide bonds. The minimum atomic E-state index is 0.376. The lowest BCUT2D eigenvalue weighted by Crippen LogP contribution is -2.22. The van der Waals surface area contributed by atoms with Crippen molar-refractivity contribution in [2.45, 2.75) is 30.6 Å². The van der Waals surface area contributed by atoms with E-state index in [4.69, 9.17) is 9.72 Å². The van der Waals surface area contributed by atoms with Crippen LogP contribution in [0.3, 0.4) is 0 Å². The average molecular weight is 239 g/mol. The zero-order chi connectivity index (χ0) is 10.8. The Kier molecular flexibility index (Phi) is 3.17. The highest BCUT2D eigenvalue weighted by atomic mass is 32.2. The molecule has 1 saturated heterocycles. The molecule has 88 valence electrons. The van der Waals surface area contributed by atoms with Gasteiger partial charge in [0.2, 0.25) is 0 Å². The van der Waals surface area contributed by atoms with Crippen molar-refractivity contribution in [3.63, 3.8) is 0 Å². The maximum absolute atomic E-state index is 5.45. The lowest BCUT2D eigenvalue weighted by Gasteiger charge is -2.11. The summed E-state index contributed by atoms with van der Waals surface area (Å²) in [6.07, 6.45) is 4.50. The number of nitrogens with one attached hydrogen (secondary N) is 1. The molecule has 0 saturated carbocycles. The van der Waals surface area contributed by atoms with Crippen molar-refractivity contribution in [1.29, 1.82) is 0 Å². The Morgan fingerprint density at radius 2 is 2.50 bits per heavy atom. The molecular formula is C11H17N3OS. The van der Waals surface area contributed by atoms with Crippen molar-refractivity contribution >= 4 is 11.8 Å². The molecule has 2 aliphatic heterocycles. The molecule has 1 atom stereocenters. The highest BCUT2D eigenvalue weighted by Gasteiger charge is 2.20. The van der Waals surface area contributed by atoms with Crippen molar-refractivity contribution in [3.05, 3.63) is 11.9 Å². The summed E-state index contributed by atoms with van der Waals surface area (Å²) in [5.74, 6) is 1.21. The minimum Gasteiger partial charge on any atom is -0.380 e. The van der Waals surface area contributed by atoms with Crippen molar-refractivity contribution in [2.75, 3.05) is 25.5 Å². The van der Waals surface area contributed by atoms with Gasteiger partial charge in [0.05, 0.1) is 18.3 Å². The average Bonchev–Trinajstić information content (AvgIpc) is 2.56. The van der Waals surface area contributed by atoms with Gasteiger partial charge >= 0.3 is 0 Å². The fourth-order valence-corrected chi connectivity index (χ4v) is 3.16. The third-order valence-electron chi connectivity index (χ3n) is 3.08. The van der Waals surface area contributed by atoms with Gasteiger partial charge in [-0.25, -0.2) is 4.98 Å². The summed E-state index contributed by atoms with van der Waals surface area (Å²) in [5, 5.41) is 4.69. The Hall–Kier alpha value is -0.520. The standard InChI is InChI=1S/C11H17N3OS/c1-4-14-8-10(13-11(14)16-7-1)9-2-5-15-6-3-12-9/h8-9,12H,1-7H2. The van der Waals surface area contributed by atoms with E-state index in [2.05, 4.69) is 16.1 Å². The van der Waals surface area contributed by atoms with Crippen LogP contribution in [0.25, 0.3) is 0 Å². The van der Waals surface area contributed by atoms with Crippen LogP contribution in [0.2, 0.25) is 0 Å². The molecule has 16 heavy (non-hydrogen) atoms. The lowest BCUT2D eigenvalue weighted by molar-refractivity contribution is 0.150. The Morgan fingerprint density at radius 1 is 1.50 bits per heavy atom. The van der Waals surface area contributed by atoms with Crippen molar-refractivity contribution in [3.8, 4) is 0 Å². The van der Waals surface area contributed by atoms with E-state index in [-0.39, 0.29) is 0 Å². The van der Waals surface area contributed by atoms with Gasteiger partial charge in [0.25, 0.3) is 0 Å². The summed E-state index contributed by atoms with van der Waals surface area (Å²) >= 11 is 1.87. The predicted octanol–water partition coefficient (Wildman–Crippen LogP) is 1.43. The SMILES string of the molecule is c1c(C2CCOCCN2)nc2n1CCCS2. The van der Waals surface area contributed by atoms with Crippen LogP contribution in [0.1, 0.15) is 24.6 Å². The molecule has 4 nitrogen and oxygen atoms in total. The third-order valence-corrected chi connectivity index (χ3v) is 4.15. The van der Waals surface area contributed by atoms with Crippen LogP contribution in [0.5, 0.6) is 0 Å². The second-order valence-electron chi connectivity index (χ2n) is 4.25. The van der Waals surface area contributed by atoms with E-state index in [0.29, 0.717) is 6.04 Å². The van der Waals surface area contributed by atoms with E-state index < -0.39 is 0 Å². The first-order valence-corrected chi connectivity index (χ1v) is 6.93. The van der Waals surface area contributed by atoms with E-state index in [9.17, 15) is 0 Å². The first-order chi connectivity index (χ1) is 7.93. The molecule has 1 unspecified atom stereocenters. The summed E-state index contributed by atoms with van der Waals surface area (Å²) < 4.78 is 7.73. The van der Waals surface area contributed by atoms with E-state index in [0.717, 1.165) is 32.7 Å². The predicted molar refractivity (Wildman–Crippen MR) is 63.7 cm³/mol. The van der Waals surface area contributed by atoms with Gasteiger partial charge < -0.3 is 14.6 Å². The molecule has 1 aromatic rings. The molecule has 5 heteroatoms. The van der Waals surface area contributed by atoms with Crippen LogP contribution < -0.4 is 5.32 Å². The number of aromatic nitrogens is 2. The smallest absolute Gasteiger partial charge is 0.168 e. The number of aryl methyl sites for hydroxylation is 1. The van der Waals surface area contributed by atoms with Crippen LogP contribution in [-0.4, -0.2) is 35.1 Å². The topological polar surface area (TPSA) is 39.1 Å². The molecule has 0 aromatic carbocycles. The van der Waals surface area contributed by atoms with Crippen molar-refractivity contribution in [1.82, 2.24) is 14.9 Å². The molecule has 0 aliphatic carbocycles. The van der Waals surface area contributed by atoms with Crippen molar-refractivity contribution < 1.29 is 4.74 Å². The highest BCUT2D eigenvalue weighted by molar-refractivity contribution is 7.99. The van der Waals surface area contributed by atoms with Gasteiger partial charge in [0, 0.05) is 31.6 Å². The molecule has 0 radical (unpaired) electrons. The molecule has 0 spiro atoms. The number of nitrogens with zero attached hydrogens (tertiary/aromatic N) is 2. The normalized spacial score (nSPS) is 26.1. The lowest BCUT2D eigenvalue weighted by atomic mass is 10.1. The maximum Gasteiger partial charge on any atom is 0.168 e.